The Morgan fingerprint density at radius 3 is 2.00 bits per heavy atom. The zero-order chi connectivity index (χ0) is 15.1. The molecule has 2 aliphatic rings. The third kappa shape index (κ3) is 4.13. The van der Waals surface area contributed by atoms with E-state index in [1.54, 1.807) is 6.92 Å². The van der Waals surface area contributed by atoms with Gasteiger partial charge in [0, 0.05) is 12.3 Å². The molecule has 2 rings (SSSR count). The van der Waals surface area contributed by atoms with Crippen LogP contribution in [0.3, 0.4) is 0 Å². The van der Waals surface area contributed by atoms with Crippen molar-refractivity contribution in [3.63, 3.8) is 0 Å². The smallest absolute Gasteiger partial charge is 0.148 e. The maximum atomic E-state index is 11.9. The molecule has 0 aromatic carbocycles. The summed E-state index contributed by atoms with van der Waals surface area (Å²) in [6, 6.07) is 0. The summed E-state index contributed by atoms with van der Waals surface area (Å²) in [5, 5.41) is 10.4. The number of carbonyl (C=O) groups is 2. The Bertz CT molecular complexity index is 290. The largest absolute Gasteiger partial charge is 0.389 e. The Morgan fingerprint density at radius 1 is 1.05 bits per heavy atom. The Kier molecular flexibility index (Phi) is 8.15. The fraction of sp³-hybridized carbons (Fsp3) is 0.875. The van der Waals surface area contributed by atoms with Gasteiger partial charge in [0.1, 0.15) is 11.6 Å². The number of hydrogen-bond acceptors (Lipinski definition) is 3. The molecule has 0 bridgehead atoms. The second kappa shape index (κ2) is 8.47. The summed E-state index contributed by atoms with van der Waals surface area (Å²) in [5.41, 5.74) is -0.800. The van der Waals surface area contributed by atoms with Gasteiger partial charge < -0.3 is 5.11 Å². The van der Waals surface area contributed by atoms with Crippen LogP contribution < -0.4 is 0 Å². The van der Waals surface area contributed by atoms with Crippen LogP contribution in [0.4, 0.5) is 0 Å². The van der Waals surface area contributed by atoms with Gasteiger partial charge in [0.05, 0.1) is 11.5 Å². The van der Waals surface area contributed by atoms with Crippen LogP contribution in [0.2, 0.25) is 0 Å². The molecule has 0 spiro atoms. The number of hydrogen-bond donors (Lipinski definition) is 1. The number of aliphatic hydroxyl groups is 1. The first-order valence-corrected chi connectivity index (χ1v) is 7.83. The van der Waals surface area contributed by atoms with E-state index in [0.29, 0.717) is 12.8 Å². The molecule has 0 radical (unpaired) electrons. The predicted molar refractivity (Wildman–Crippen MR) is 78.0 cm³/mol. The Morgan fingerprint density at radius 2 is 1.53 bits per heavy atom. The normalized spacial score (nSPS) is 28.9. The van der Waals surface area contributed by atoms with Crippen molar-refractivity contribution in [3.05, 3.63) is 0 Å². The van der Waals surface area contributed by atoms with Gasteiger partial charge in [0.2, 0.25) is 0 Å². The van der Waals surface area contributed by atoms with Crippen molar-refractivity contribution in [2.24, 2.45) is 11.8 Å². The summed E-state index contributed by atoms with van der Waals surface area (Å²) < 4.78 is 0. The van der Waals surface area contributed by atoms with Crippen molar-refractivity contribution in [2.75, 3.05) is 0 Å². The molecule has 0 amide bonds. The van der Waals surface area contributed by atoms with Gasteiger partial charge in [-0.25, -0.2) is 0 Å². The minimum absolute atomic E-state index is 0.0318. The quantitative estimate of drug-likeness (QED) is 0.742. The SMILES string of the molecule is CC.CC.CC1C(=O)CCC(C2(O)CCCC2)C1=O. The van der Waals surface area contributed by atoms with Gasteiger partial charge in [-0.05, 0) is 26.2 Å². The van der Waals surface area contributed by atoms with Crippen molar-refractivity contribution in [1.82, 2.24) is 0 Å². The molecular weight excluding hydrogens is 240 g/mol. The van der Waals surface area contributed by atoms with E-state index in [1.807, 2.05) is 27.7 Å². The summed E-state index contributed by atoms with van der Waals surface area (Å²) in [4.78, 5) is 23.3. The van der Waals surface area contributed by atoms with Crippen LogP contribution >= 0.6 is 0 Å². The van der Waals surface area contributed by atoms with Gasteiger partial charge in [-0.15, -0.1) is 0 Å². The maximum Gasteiger partial charge on any atom is 0.148 e. The Labute approximate surface area is 117 Å². The molecule has 1 N–H and O–H groups in total. The van der Waals surface area contributed by atoms with Gasteiger partial charge >= 0.3 is 0 Å². The third-order valence-corrected chi connectivity index (χ3v) is 4.05. The summed E-state index contributed by atoms with van der Waals surface area (Å²) in [6.07, 6.45) is 4.47. The predicted octanol–water partition coefficient (Wildman–Crippen LogP) is 3.53. The molecule has 0 heterocycles. The minimum atomic E-state index is -0.800. The molecular formula is C16H30O3. The molecule has 2 aliphatic carbocycles. The summed E-state index contributed by atoms with van der Waals surface area (Å²) >= 11 is 0. The highest BCUT2D eigenvalue weighted by molar-refractivity contribution is 6.05. The molecule has 3 heteroatoms. The van der Waals surface area contributed by atoms with Crippen LogP contribution in [0, 0.1) is 11.8 Å². The second-order valence-corrected chi connectivity index (χ2v) is 4.99. The number of Topliss-reactive ketones (excluding diaryl/α,β-unsaturated/α-hetero) is 2. The average Bonchev–Trinajstić information content (AvgIpc) is 2.88. The average molecular weight is 270 g/mol. The topological polar surface area (TPSA) is 54.4 Å². The van der Waals surface area contributed by atoms with Crippen LogP contribution in [0.25, 0.3) is 0 Å². The molecule has 19 heavy (non-hydrogen) atoms. The van der Waals surface area contributed by atoms with Crippen molar-refractivity contribution >= 4 is 11.6 Å². The van der Waals surface area contributed by atoms with Crippen molar-refractivity contribution in [2.45, 2.75) is 78.7 Å². The van der Waals surface area contributed by atoms with E-state index in [2.05, 4.69) is 0 Å². The Hall–Kier alpha value is -0.700. The van der Waals surface area contributed by atoms with E-state index in [-0.39, 0.29) is 17.5 Å². The molecule has 0 aromatic rings. The summed E-state index contributed by atoms with van der Waals surface area (Å²) in [6.45, 7) is 9.68. The van der Waals surface area contributed by atoms with Crippen molar-refractivity contribution < 1.29 is 14.7 Å². The first-order valence-electron chi connectivity index (χ1n) is 7.83. The van der Waals surface area contributed by atoms with E-state index >= 15 is 0 Å². The monoisotopic (exact) mass is 270 g/mol. The molecule has 3 nitrogen and oxygen atoms in total. The molecule has 2 unspecified atom stereocenters. The van der Waals surface area contributed by atoms with E-state index in [4.69, 9.17) is 0 Å². The number of carbonyl (C=O) groups excluding carboxylic acids is 2. The Balaban J connectivity index is 0.000000741. The lowest BCUT2D eigenvalue weighted by Crippen LogP contribution is -2.46. The first kappa shape index (κ1) is 18.3. The zero-order valence-corrected chi connectivity index (χ0v) is 13.2. The highest BCUT2D eigenvalue weighted by Gasteiger charge is 2.47. The molecule has 2 fully saturated rings. The molecule has 0 aromatic heterocycles. The van der Waals surface area contributed by atoms with Gasteiger partial charge in [-0.3, -0.25) is 9.59 Å². The van der Waals surface area contributed by atoms with Crippen LogP contribution in [0.5, 0.6) is 0 Å². The lowest BCUT2D eigenvalue weighted by Gasteiger charge is -2.35. The second-order valence-electron chi connectivity index (χ2n) is 4.99. The standard InChI is InChI=1S/C12H18O3.2C2H6/c1-8-10(13)5-4-9(11(8)14)12(15)6-2-3-7-12;2*1-2/h8-9,15H,2-7H2,1H3;2*1-2H3. The lowest BCUT2D eigenvalue weighted by atomic mass is 9.71. The molecule has 0 saturated heterocycles. The van der Waals surface area contributed by atoms with Crippen LogP contribution in [-0.2, 0) is 9.59 Å². The zero-order valence-electron chi connectivity index (χ0n) is 13.2. The van der Waals surface area contributed by atoms with Crippen molar-refractivity contribution in [1.29, 1.82) is 0 Å². The van der Waals surface area contributed by atoms with Crippen LogP contribution in [0.15, 0.2) is 0 Å². The number of ketones is 2. The van der Waals surface area contributed by atoms with Crippen LogP contribution in [-0.4, -0.2) is 22.3 Å². The summed E-state index contributed by atoms with van der Waals surface area (Å²) in [7, 11) is 0. The van der Waals surface area contributed by atoms with Crippen molar-refractivity contribution in [3.8, 4) is 0 Å². The lowest BCUT2D eigenvalue weighted by molar-refractivity contribution is -0.146. The van der Waals surface area contributed by atoms with E-state index in [1.165, 1.54) is 0 Å². The number of rotatable bonds is 1. The summed E-state index contributed by atoms with van der Waals surface area (Å²) in [5.74, 6) is -0.769. The van der Waals surface area contributed by atoms with Gasteiger partial charge in [0.25, 0.3) is 0 Å². The van der Waals surface area contributed by atoms with E-state index in [0.717, 1.165) is 25.7 Å². The highest BCUT2D eigenvalue weighted by Crippen LogP contribution is 2.41. The van der Waals surface area contributed by atoms with Gasteiger partial charge in [0.15, 0.2) is 0 Å². The fourth-order valence-electron chi connectivity index (χ4n) is 2.97. The fourth-order valence-corrected chi connectivity index (χ4v) is 2.97. The highest BCUT2D eigenvalue weighted by atomic mass is 16.3. The third-order valence-electron chi connectivity index (χ3n) is 4.05. The molecule has 2 saturated carbocycles. The molecule has 0 aliphatic heterocycles. The van der Waals surface area contributed by atoms with E-state index in [9.17, 15) is 14.7 Å². The van der Waals surface area contributed by atoms with E-state index < -0.39 is 11.5 Å². The minimum Gasteiger partial charge on any atom is -0.389 e. The first-order chi connectivity index (χ1) is 9.04. The maximum absolute atomic E-state index is 11.9. The van der Waals surface area contributed by atoms with Gasteiger partial charge in [-0.1, -0.05) is 40.5 Å². The molecule has 2 atom stereocenters. The van der Waals surface area contributed by atoms with Gasteiger partial charge in [-0.2, -0.15) is 0 Å². The van der Waals surface area contributed by atoms with Crippen LogP contribution in [0.1, 0.15) is 73.1 Å². The molecule has 112 valence electrons.